The lowest BCUT2D eigenvalue weighted by Crippen LogP contribution is -2.53. The van der Waals surface area contributed by atoms with Crippen LogP contribution in [0.2, 0.25) is 0 Å². The van der Waals surface area contributed by atoms with Crippen molar-refractivity contribution in [1.29, 1.82) is 0 Å². The van der Waals surface area contributed by atoms with Gasteiger partial charge in [0.15, 0.2) is 0 Å². The number of rotatable bonds is 6. The van der Waals surface area contributed by atoms with Gasteiger partial charge >= 0.3 is 0 Å². The molecule has 0 radical (unpaired) electrons. The fourth-order valence-corrected chi connectivity index (χ4v) is 2.62. The molecule has 3 N–H and O–H groups in total. The highest BCUT2D eigenvalue weighted by Crippen LogP contribution is 2.22. The van der Waals surface area contributed by atoms with Gasteiger partial charge in [-0.3, -0.25) is 14.5 Å². The molecule has 7 heteroatoms. The third-order valence-electron chi connectivity index (χ3n) is 3.84. The van der Waals surface area contributed by atoms with E-state index >= 15 is 0 Å². The summed E-state index contributed by atoms with van der Waals surface area (Å²) in [4.78, 5) is 26.5. The van der Waals surface area contributed by atoms with E-state index in [9.17, 15) is 14.7 Å². The quantitative estimate of drug-likeness (QED) is 0.643. The molecule has 2 unspecified atom stereocenters. The fourth-order valence-electron chi connectivity index (χ4n) is 2.62. The minimum Gasteiger partial charge on any atom is -0.394 e. The Labute approximate surface area is 135 Å². The van der Waals surface area contributed by atoms with Gasteiger partial charge in [0.2, 0.25) is 11.8 Å². The van der Waals surface area contributed by atoms with Crippen LogP contribution in [0.5, 0.6) is 0 Å². The Hall–Kier alpha value is -1.96. The van der Waals surface area contributed by atoms with Crippen LogP contribution in [0.25, 0.3) is 0 Å². The van der Waals surface area contributed by atoms with Crippen LogP contribution in [0.4, 0.5) is 0 Å². The zero-order valence-electron chi connectivity index (χ0n) is 13.2. The molecule has 1 fully saturated rings. The van der Waals surface area contributed by atoms with Crippen LogP contribution < -0.4 is 10.6 Å². The van der Waals surface area contributed by atoms with Crippen molar-refractivity contribution in [3.63, 3.8) is 0 Å². The van der Waals surface area contributed by atoms with Crippen molar-refractivity contribution in [3.05, 3.63) is 35.9 Å². The lowest BCUT2D eigenvalue weighted by molar-refractivity contribution is -0.134. The predicted molar refractivity (Wildman–Crippen MR) is 84.7 cm³/mol. The van der Waals surface area contributed by atoms with Crippen molar-refractivity contribution in [1.82, 2.24) is 15.5 Å². The third kappa shape index (κ3) is 4.51. The average Bonchev–Trinajstić information content (AvgIpc) is 2.61. The maximum absolute atomic E-state index is 12.7. The molecule has 1 aromatic carbocycles. The smallest absolute Gasteiger partial charge is 0.244 e. The summed E-state index contributed by atoms with van der Waals surface area (Å²) in [6.45, 7) is 1.95. The molecule has 126 valence electrons. The number of aliphatic hydroxyl groups excluding tert-OH is 1. The Kier molecular flexibility index (Phi) is 6.52. The first-order chi connectivity index (χ1) is 11.2. The first kappa shape index (κ1) is 17.4. The molecular weight excluding hydrogens is 298 g/mol. The second-order valence-corrected chi connectivity index (χ2v) is 5.32. The summed E-state index contributed by atoms with van der Waals surface area (Å²) in [6, 6.07) is 7.93. The normalized spacial score (nSPS) is 18.0. The number of aliphatic hydroxyl groups is 1. The number of carbonyl (C=O) groups is 2. The average molecular weight is 321 g/mol. The van der Waals surface area contributed by atoms with Gasteiger partial charge in [-0.25, -0.2) is 0 Å². The number of hydrogen-bond acceptors (Lipinski definition) is 5. The third-order valence-corrected chi connectivity index (χ3v) is 3.84. The van der Waals surface area contributed by atoms with Crippen LogP contribution in [-0.4, -0.2) is 67.8 Å². The van der Waals surface area contributed by atoms with Crippen molar-refractivity contribution in [2.75, 3.05) is 40.0 Å². The van der Waals surface area contributed by atoms with Crippen molar-refractivity contribution in [2.24, 2.45) is 0 Å². The van der Waals surface area contributed by atoms with Gasteiger partial charge in [-0.05, 0) is 5.56 Å². The first-order valence-corrected chi connectivity index (χ1v) is 7.67. The van der Waals surface area contributed by atoms with E-state index in [0.29, 0.717) is 26.3 Å². The van der Waals surface area contributed by atoms with Gasteiger partial charge in [0.05, 0.1) is 19.8 Å². The number of benzene rings is 1. The molecule has 0 saturated carbocycles. The Morgan fingerprint density at radius 2 is 1.87 bits per heavy atom. The molecule has 0 spiro atoms. The van der Waals surface area contributed by atoms with Gasteiger partial charge in [0.25, 0.3) is 0 Å². The summed E-state index contributed by atoms with van der Waals surface area (Å²) in [5.74, 6) is -0.726. The van der Waals surface area contributed by atoms with Crippen LogP contribution >= 0.6 is 0 Å². The Bertz CT molecular complexity index is 517. The fraction of sp³-hybridized carbons (Fsp3) is 0.500. The summed E-state index contributed by atoms with van der Waals surface area (Å²) in [5, 5.41) is 14.4. The van der Waals surface area contributed by atoms with Gasteiger partial charge in [-0.1, -0.05) is 30.3 Å². The molecule has 1 aliphatic rings. The Morgan fingerprint density at radius 1 is 1.22 bits per heavy atom. The van der Waals surface area contributed by atoms with Crippen LogP contribution in [0.3, 0.4) is 0 Å². The Morgan fingerprint density at radius 3 is 2.43 bits per heavy atom. The molecule has 7 nitrogen and oxygen atoms in total. The monoisotopic (exact) mass is 321 g/mol. The molecule has 2 amide bonds. The van der Waals surface area contributed by atoms with Crippen LogP contribution in [0, 0.1) is 0 Å². The van der Waals surface area contributed by atoms with Crippen LogP contribution in [0.15, 0.2) is 30.3 Å². The number of morpholine rings is 1. The number of ether oxygens (including phenoxy) is 1. The van der Waals surface area contributed by atoms with Gasteiger partial charge in [0, 0.05) is 20.1 Å². The van der Waals surface area contributed by atoms with Crippen LogP contribution in [0.1, 0.15) is 11.6 Å². The topological polar surface area (TPSA) is 90.9 Å². The van der Waals surface area contributed by atoms with E-state index in [1.165, 1.54) is 7.05 Å². The predicted octanol–water partition coefficient (Wildman–Crippen LogP) is -0.717. The van der Waals surface area contributed by atoms with Gasteiger partial charge in [-0.2, -0.15) is 0 Å². The minimum absolute atomic E-state index is 0.305. The highest BCUT2D eigenvalue weighted by molar-refractivity contribution is 5.90. The van der Waals surface area contributed by atoms with Crippen molar-refractivity contribution < 1.29 is 19.4 Å². The summed E-state index contributed by atoms with van der Waals surface area (Å²) in [5.41, 5.74) is 0.848. The van der Waals surface area contributed by atoms with Gasteiger partial charge in [0.1, 0.15) is 12.1 Å². The SMILES string of the molecule is CNC(=O)C(CO)NC(=O)C(c1ccccc1)N1CCOCC1. The minimum atomic E-state index is -0.959. The summed E-state index contributed by atoms with van der Waals surface area (Å²) in [7, 11) is 1.47. The van der Waals surface area contributed by atoms with E-state index in [4.69, 9.17) is 4.74 Å². The van der Waals surface area contributed by atoms with E-state index in [1.54, 1.807) is 0 Å². The number of carbonyl (C=O) groups excluding carboxylic acids is 2. The van der Waals surface area contributed by atoms with E-state index in [1.807, 2.05) is 35.2 Å². The van der Waals surface area contributed by atoms with Crippen LogP contribution in [-0.2, 0) is 14.3 Å². The van der Waals surface area contributed by atoms with Gasteiger partial charge in [-0.15, -0.1) is 0 Å². The summed E-state index contributed by atoms with van der Waals surface area (Å²) in [6.07, 6.45) is 0. The molecular formula is C16H23N3O4. The van der Waals surface area contributed by atoms with Gasteiger partial charge < -0.3 is 20.5 Å². The second-order valence-electron chi connectivity index (χ2n) is 5.32. The lowest BCUT2D eigenvalue weighted by Gasteiger charge is -2.34. The zero-order chi connectivity index (χ0) is 16.7. The maximum Gasteiger partial charge on any atom is 0.244 e. The number of nitrogens with one attached hydrogen (secondary N) is 2. The van der Waals surface area contributed by atoms with E-state index in [0.717, 1.165) is 5.56 Å². The highest BCUT2D eigenvalue weighted by Gasteiger charge is 2.31. The summed E-state index contributed by atoms with van der Waals surface area (Å²) >= 11 is 0. The molecule has 1 heterocycles. The lowest BCUT2D eigenvalue weighted by atomic mass is 10.0. The Balaban J connectivity index is 2.18. The largest absolute Gasteiger partial charge is 0.394 e. The number of amides is 2. The number of hydrogen-bond donors (Lipinski definition) is 3. The van der Waals surface area contributed by atoms with Crippen molar-refractivity contribution in [3.8, 4) is 0 Å². The molecule has 0 aliphatic carbocycles. The van der Waals surface area contributed by atoms with Crippen molar-refractivity contribution in [2.45, 2.75) is 12.1 Å². The molecule has 0 bridgehead atoms. The zero-order valence-corrected chi connectivity index (χ0v) is 13.2. The molecule has 23 heavy (non-hydrogen) atoms. The molecule has 2 atom stereocenters. The molecule has 1 aliphatic heterocycles. The van der Waals surface area contributed by atoms with E-state index in [-0.39, 0.29) is 5.91 Å². The molecule has 1 aromatic rings. The standard InChI is InChI=1S/C16H23N3O4/c1-17-15(21)13(11-20)18-16(22)14(12-5-3-2-4-6-12)19-7-9-23-10-8-19/h2-6,13-14,20H,7-11H2,1H3,(H,17,21)(H,18,22). The van der Waals surface area contributed by atoms with E-state index in [2.05, 4.69) is 10.6 Å². The second kappa shape index (κ2) is 8.61. The van der Waals surface area contributed by atoms with Crippen molar-refractivity contribution >= 4 is 11.8 Å². The highest BCUT2D eigenvalue weighted by atomic mass is 16.5. The molecule has 1 saturated heterocycles. The molecule has 0 aromatic heterocycles. The number of likely N-dealkylation sites (N-methyl/N-ethyl adjacent to an activating group) is 1. The van der Waals surface area contributed by atoms with E-state index < -0.39 is 24.6 Å². The summed E-state index contributed by atoms with van der Waals surface area (Å²) < 4.78 is 5.35. The first-order valence-electron chi connectivity index (χ1n) is 7.67. The molecule has 2 rings (SSSR count). The maximum atomic E-state index is 12.7. The number of nitrogens with zero attached hydrogens (tertiary/aromatic N) is 1.